The molecule has 0 aliphatic carbocycles. The van der Waals surface area contributed by atoms with Crippen LogP contribution in [0.2, 0.25) is 0 Å². The number of nitrogens with one attached hydrogen (secondary N) is 1. The molecule has 1 amide bonds. The van der Waals surface area contributed by atoms with Crippen LogP contribution in [0.3, 0.4) is 0 Å². The summed E-state index contributed by atoms with van der Waals surface area (Å²) in [6, 6.07) is 1.96. The number of nitrogens with zero attached hydrogens (tertiary/aromatic N) is 1. The molecule has 102 valence electrons. The van der Waals surface area contributed by atoms with Crippen molar-refractivity contribution in [1.82, 2.24) is 10.2 Å². The van der Waals surface area contributed by atoms with Crippen molar-refractivity contribution in [2.24, 2.45) is 0 Å². The van der Waals surface area contributed by atoms with Gasteiger partial charge in [-0.2, -0.15) is 11.3 Å². The molecule has 2 unspecified atom stereocenters. The molecule has 0 spiro atoms. The Bertz CT molecular complexity index is 374. The van der Waals surface area contributed by atoms with Crippen molar-refractivity contribution in [3.05, 3.63) is 22.4 Å². The van der Waals surface area contributed by atoms with Crippen molar-refractivity contribution < 1.29 is 9.90 Å². The van der Waals surface area contributed by atoms with Crippen LogP contribution in [0.4, 0.5) is 0 Å². The van der Waals surface area contributed by atoms with Crippen LogP contribution in [0, 0.1) is 0 Å². The number of hydrogen-bond donors (Lipinski definition) is 2. The molecule has 0 aliphatic heterocycles. The van der Waals surface area contributed by atoms with Crippen LogP contribution in [-0.2, 0) is 10.4 Å². The molecule has 1 heterocycles. The second-order valence-electron chi connectivity index (χ2n) is 5.06. The summed E-state index contributed by atoms with van der Waals surface area (Å²) in [5.41, 5.74) is 0.0150. The summed E-state index contributed by atoms with van der Waals surface area (Å²) in [5.74, 6) is 0.0881. The molecule has 0 aliphatic rings. The molecule has 0 aromatic carbocycles. The molecule has 0 bridgehead atoms. The lowest BCUT2D eigenvalue weighted by Gasteiger charge is -2.25. The van der Waals surface area contributed by atoms with Crippen molar-refractivity contribution in [2.75, 3.05) is 20.6 Å². The fraction of sp³-hybridized carbons (Fsp3) is 0.615. The van der Waals surface area contributed by atoms with Crippen molar-refractivity contribution in [3.8, 4) is 0 Å². The maximum atomic E-state index is 11.5. The molecule has 0 saturated heterocycles. The molecular formula is C13H22N2O2S. The highest BCUT2D eigenvalue weighted by atomic mass is 32.1. The summed E-state index contributed by atoms with van der Waals surface area (Å²) in [4.78, 5) is 13.1. The fourth-order valence-corrected chi connectivity index (χ4v) is 2.35. The smallest absolute Gasteiger partial charge is 0.223 e. The second kappa shape index (κ2) is 6.31. The van der Waals surface area contributed by atoms with Gasteiger partial charge < -0.3 is 15.3 Å². The fourth-order valence-electron chi connectivity index (χ4n) is 1.56. The maximum Gasteiger partial charge on any atom is 0.223 e. The zero-order chi connectivity index (χ0) is 13.8. The number of amides is 1. The van der Waals surface area contributed by atoms with Gasteiger partial charge in [-0.3, -0.25) is 4.79 Å². The zero-order valence-electron chi connectivity index (χ0n) is 11.4. The Balaban J connectivity index is 2.43. The average Bonchev–Trinajstić information content (AvgIpc) is 2.80. The van der Waals surface area contributed by atoms with Gasteiger partial charge in [0.05, 0.1) is 5.60 Å². The molecule has 2 atom stereocenters. The molecule has 18 heavy (non-hydrogen) atoms. The van der Waals surface area contributed by atoms with E-state index in [1.165, 1.54) is 0 Å². The molecule has 2 N–H and O–H groups in total. The number of thiophene rings is 1. The molecule has 1 rings (SSSR count). The van der Waals surface area contributed by atoms with Crippen molar-refractivity contribution in [2.45, 2.75) is 31.9 Å². The first-order valence-electron chi connectivity index (χ1n) is 6.01. The van der Waals surface area contributed by atoms with E-state index in [1.807, 2.05) is 23.8 Å². The number of carbonyl (C=O) groups excluding carboxylic acids is 1. The van der Waals surface area contributed by atoms with Crippen molar-refractivity contribution in [3.63, 3.8) is 0 Å². The summed E-state index contributed by atoms with van der Waals surface area (Å²) in [5, 5.41) is 17.4. The van der Waals surface area contributed by atoms with E-state index in [1.54, 1.807) is 37.3 Å². The Morgan fingerprint density at radius 2 is 2.28 bits per heavy atom. The van der Waals surface area contributed by atoms with Crippen LogP contribution in [-0.4, -0.2) is 42.6 Å². The van der Waals surface area contributed by atoms with Crippen molar-refractivity contribution in [1.29, 1.82) is 0 Å². The van der Waals surface area contributed by atoms with Gasteiger partial charge in [-0.1, -0.05) is 0 Å². The first-order valence-corrected chi connectivity index (χ1v) is 6.96. The maximum absolute atomic E-state index is 11.5. The lowest BCUT2D eigenvalue weighted by molar-refractivity contribution is -0.129. The van der Waals surface area contributed by atoms with Crippen LogP contribution >= 0.6 is 11.3 Å². The summed E-state index contributed by atoms with van der Waals surface area (Å²) in [6.45, 7) is 4.17. The molecular weight excluding hydrogens is 248 g/mol. The molecule has 1 aromatic heterocycles. The van der Waals surface area contributed by atoms with Crippen LogP contribution in [0.25, 0.3) is 0 Å². The standard InChI is InChI=1S/C13H22N2O2S/c1-10(7-12(16)15(3)4)14-9-13(2,17)11-5-6-18-8-11/h5-6,8,10,14,17H,7,9H2,1-4H3. The highest BCUT2D eigenvalue weighted by Crippen LogP contribution is 2.22. The summed E-state index contributed by atoms with van der Waals surface area (Å²) < 4.78 is 0. The second-order valence-corrected chi connectivity index (χ2v) is 5.84. The first kappa shape index (κ1) is 15.1. The first-order chi connectivity index (χ1) is 8.33. The van der Waals surface area contributed by atoms with Crippen LogP contribution < -0.4 is 5.32 Å². The summed E-state index contributed by atoms with van der Waals surface area (Å²) >= 11 is 1.57. The van der Waals surface area contributed by atoms with Gasteiger partial charge in [-0.05, 0) is 36.2 Å². The predicted molar refractivity (Wildman–Crippen MR) is 74.7 cm³/mol. The Labute approximate surface area is 113 Å². The topological polar surface area (TPSA) is 52.6 Å². The molecule has 0 radical (unpaired) electrons. The number of aliphatic hydroxyl groups is 1. The van der Waals surface area contributed by atoms with Crippen molar-refractivity contribution >= 4 is 17.2 Å². The summed E-state index contributed by atoms with van der Waals surface area (Å²) in [7, 11) is 3.49. The lowest BCUT2D eigenvalue weighted by atomic mass is 9.99. The van der Waals surface area contributed by atoms with E-state index in [4.69, 9.17) is 0 Å². The average molecular weight is 270 g/mol. The van der Waals surface area contributed by atoms with E-state index in [-0.39, 0.29) is 11.9 Å². The zero-order valence-corrected chi connectivity index (χ0v) is 12.3. The van der Waals surface area contributed by atoms with Gasteiger partial charge >= 0.3 is 0 Å². The quantitative estimate of drug-likeness (QED) is 0.822. The van der Waals surface area contributed by atoms with Crippen LogP contribution in [0.5, 0.6) is 0 Å². The van der Waals surface area contributed by atoms with Gasteiger partial charge in [0.2, 0.25) is 5.91 Å². The molecule has 5 heteroatoms. The van der Waals surface area contributed by atoms with Gasteiger partial charge in [-0.25, -0.2) is 0 Å². The van der Waals surface area contributed by atoms with E-state index in [2.05, 4.69) is 5.32 Å². The molecule has 1 aromatic rings. The van der Waals surface area contributed by atoms with Gasteiger partial charge in [-0.15, -0.1) is 0 Å². The summed E-state index contributed by atoms with van der Waals surface area (Å²) in [6.07, 6.45) is 0.437. The van der Waals surface area contributed by atoms with E-state index < -0.39 is 5.60 Å². The third-order valence-electron chi connectivity index (χ3n) is 2.92. The third kappa shape index (κ3) is 4.40. The van der Waals surface area contributed by atoms with Gasteiger partial charge in [0.25, 0.3) is 0 Å². The van der Waals surface area contributed by atoms with Gasteiger partial charge in [0, 0.05) is 33.1 Å². The SMILES string of the molecule is CC(CC(=O)N(C)C)NCC(C)(O)c1ccsc1. The number of hydrogen-bond acceptors (Lipinski definition) is 4. The molecule has 0 fully saturated rings. The monoisotopic (exact) mass is 270 g/mol. The third-order valence-corrected chi connectivity index (χ3v) is 3.60. The van der Waals surface area contributed by atoms with Gasteiger partial charge in [0.1, 0.15) is 0 Å². The largest absolute Gasteiger partial charge is 0.384 e. The Hall–Kier alpha value is -0.910. The van der Waals surface area contributed by atoms with E-state index >= 15 is 0 Å². The predicted octanol–water partition coefficient (Wildman–Crippen LogP) is 1.41. The number of carbonyl (C=O) groups is 1. The molecule has 4 nitrogen and oxygen atoms in total. The van der Waals surface area contributed by atoms with Crippen LogP contribution in [0.1, 0.15) is 25.8 Å². The normalized spacial score (nSPS) is 16.1. The lowest BCUT2D eigenvalue weighted by Crippen LogP contribution is -2.41. The molecule has 0 saturated carbocycles. The Morgan fingerprint density at radius 3 is 2.78 bits per heavy atom. The highest BCUT2D eigenvalue weighted by Gasteiger charge is 2.24. The Morgan fingerprint density at radius 1 is 1.61 bits per heavy atom. The van der Waals surface area contributed by atoms with E-state index in [9.17, 15) is 9.90 Å². The minimum atomic E-state index is -0.893. The highest BCUT2D eigenvalue weighted by molar-refractivity contribution is 7.08. The minimum absolute atomic E-state index is 0.0463. The van der Waals surface area contributed by atoms with Gasteiger partial charge in [0.15, 0.2) is 0 Å². The van der Waals surface area contributed by atoms with Crippen LogP contribution in [0.15, 0.2) is 16.8 Å². The van der Waals surface area contributed by atoms with E-state index in [0.717, 1.165) is 5.56 Å². The Kier molecular flexibility index (Phi) is 5.31. The van der Waals surface area contributed by atoms with E-state index in [0.29, 0.717) is 13.0 Å². The number of rotatable bonds is 6. The minimum Gasteiger partial charge on any atom is -0.384 e.